The Hall–Kier alpha value is -2.70. The van der Waals surface area contributed by atoms with Crippen LogP contribution in [0.15, 0.2) is 48.7 Å². The van der Waals surface area contributed by atoms with Crippen LogP contribution in [0.5, 0.6) is 17.2 Å². The number of aliphatic hydroxyl groups is 1. The second-order valence-electron chi connectivity index (χ2n) is 8.82. The van der Waals surface area contributed by atoms with Crippen LogP contribution in [0.3, 0.4) is 0 Å². The third-order valence-electron chi connectivity index (χ3n) is 6.82. The highest BCUT2D eigenvalue weighted by Crippen LogP contribution is 2.40. The van der Waals surface area contributed by atoms with E-state index in [9.17, 15) is 5.11 Å². The number of aliphatic hydroxyl groups excluding tert-OH is 1. The number of hydrogen-bond donors (Lipinski definition) is 2. The highest BCUT2D eigenvalue weighted by molar-refractivity contribution is 5.79. The van der Waals surface area contributed by atoms with Gasteiger partial charge in [-0.15, -0.1) is 0 Å². The maximum Gasteiger partial charge on any atom is 0.231 e. The van der Waals surface area contributed by atoms with Crippen molar-refractivity contribution in [3.63, 3.8) is 0 Å². The Morgan fingerprint density at radius 2 is 1.87 bits per heavy atom. The van der Waals surface area contributed by atoms with Gasteiger partial charge < -0.3 is 24.3 Å². The van der Waals surface area contributed by atoms with E-state index in [1.54, 1.807) is 0 Å². The molecule has 0 spiro atoms. The van der Waals surface area contributed by atoms with Gasteiger partial charge >= 0.3 is 0 Å². The quantitative estimate of drug-likeness (QED) is 0.694. The number of aromatic amines is 1. The third-order valence-corrected chi connectivity index (χ3v) is 6.82. The van der Waals surface area contributed by atoms with Gasteiger partial charge in [-0.25, -0.2) is 0 Å². The van der Waals surface area contributed by atoms with Crippen LogP contribution >= 0.6 is 0 Å². The van der Waals surface area contributed by atoms with Crippen LogP contribution in [-0.2, 0) is 6.54 Å². The van der Waals surface area contributed by atoms with E-state index in [0.29, 0.717) is 17.6 Å². The average molecular weight is 406 g/mol. The van der Waals surface area contributed by atoms with Gasteiger partial charge in [0, 0.05) is 37.4 Å². The summed E-state index contributed by atoms with van der Waals surface area (Å²) in [4.78, 5) is 5.82. The molecule has 1 aromatic heterocycles. The van der Waals surface area contributed by atoms with Crippen molar-refractivity contribution >= 4 is 10.9 Å². The van der Waals surface area contributed by atoms with Crippen molar-refractivity contribution in [3.8, 4) is 17.2 Å². The summed E-state index contributed by atoms with van der Waals surface area (Å²) in [6.45, 7) is 3.30. The molecule has 1 saturated carbocycles. The van der Waals surface area contributed by atoms with Crippen molar-refractivity contribution in [1.82, 2.24) is 9.88 Å². The van der Waals surface area contributed by atoms with Gasteiger partial charge in [0.2, 0.25) is 6.79 Å². The zero-order chi connectivity index (χ0) is 20.1. The topological polar surface area (TPSA) is 67.0 Å². The Morgan fingerprint density at radius 1 is 1.00 bits per heavy atom. The Bertz CT molecular complexity index is 1060. The molecule has 2 aliphatic heterocycles. The van der Waals surface area contributed by atoms with Crippen molar-refractivity contribution < 1.29 is 19.3 Å². The lowest BCUT2D eigenvalue weighted by molar-refractivity contribution is -0.0232. The van der Waals surface area contributed by atoms with Gasteiger partial charge in [-0.1, -0.05) is 12.1 Å². The number of rotatable bonds is 4. The molecule has 0 unspecified atom stereocenters. The number of hydrogen-bond acceptors (Lipinski definition) is 5. The zero-order valence-corrected chi connectivity index (χ0v) is 16.8. The molecule has 1 aliphatic carbocycles. The third kappa shape index (κ3) is 3.30. The smallest absolute Gasteiger partial charge is 0.231 e. The number of likely N-dealkylation sites (tertiary alicyclic amines) is 1. The highest BCUT2D eigenvalue weighted by Gasteiger charge is 2.42. The zero-order valence-electron chi connectivity index (χ0n) is 16.8. The van der Waals surface area contributed by atoms with Crippen LogP contribution < -0.4 is 14.2 Å². The fourth-order valence-electron chi connectivity index (χ4n) is 5.32. The predicted octanol–water partition coefficient (Wildman–Crippen LogP) is 3.55. The molecule has 30 heavy (non-hydrogen) atoms. The van der Waals surface area contributed by atoms with Gasteiger partial charge in [0.15, 0.2) is 11.5 Å². The van der Waals surface area contributed by atoms with E-state index in [-0.39, 0.29) is 12.9 Å². The number of fused-ring (bicyclic) bond motifs is 3. The largest absolute Gasteiger partial charge is 0.488 e. The Balaban J connectivity index is 1.11. The average Bonchev–Trinajstić information content (AvgIpc) is 3.46. The van der Waals surface area contributed by atoms with Crippen molar-refractivity contribution in [3.05, 3.63) is 54.2 Å². The number of nitrogens with one attached hydrogen (secondary N) is 1. The van der Waals surface area contributed by atoms with Gasteiger partial charge in [0.25, 0.3) is 0 Å². The maximum absolute atomic E-state index is 10.7. The van der Waals surface area contributed by atoms with Crippen LogP contribution in [0.1, 0.15) is 18.4 Å². The second-order valence-corrected chi connectivity index (χ2v) is 8.82. The molecule has 2 aromatic carbocycles. The monoisotopic (exact) mass is 406 g/mol. The summed E-state index contributed by atoms with van der Waals surface area (Å²) in [5.41, 5.74) is 2.52. The van der Waals surface area contributed by atoms with Crippen LogP contribution in [0.2, 0.25) is 0 Å². The summed E-state index contributed by atoms with van der Waals surface area (Å²) >= 11 is 0. The molecule has 156 valence electrons. The number of aromatic nitrogens is 1. The molecule has 2 fully saturated rings. The van der Waals surface area contributed by atoms with E-state index in [4.69, 9.17) is 14.2 Å². The number of H-pyrrole nitrogens is 1. The Morgan fingerprint density at radius 3 is 2.80 bits per heavy atom. The molecule has 6 heteroatoms. The summed E-state index contributed by atoms with van der Waals surface area (Å²) < 4.78 is 17.0. The summed E-state index contributed by atoms with van der Waals surface area (Å²) in [6.07, 6.45) is 3.05. The lowest BCUT2D eigenvalue weighted by atomic mass is 9.78. The highest BCUT2D eigenvalue weighted by atomic mass is 16.7. The lowest BCUT2D eigenvalue weighted by Gasteiger charge is -2.35. The van der Waals surface area contributed by atoms with Gasteiger partial charge in [-0.05, 0) is 59.9 Å². The minimum absolute atomic E-state index is 0.179. The summed E-state index contributed by atoms with van der Waals surface area (Å²) in [5, 5.41) is 12.0. The van der Waals surface area contributed by atoms with Crippen molar-refractivity contribution in [2.45, 2.75) is 31.6 Å². The van der Waals surface area contributed by atoms with E-state index >= 15 is 0 Å². The first-order chi connectivity index (χ1) is 14.7. The molecule has 1 saturated heterocycles. The van der Waals surface area contributed by atoms with Crippen molar-refractivity contribution in [2.24, 2.45) is 11.8 Å². The van der Waals surface area contributed by atoms with Gasteiger partial charge in [-0.2, -0.15) is 0 Å². The van der Waals surface area contributed by atoms with Crippen molar-refractivity contribution in [2.75, 3.05) is 19.9 Å². The van der Waals surface area contributed by atoms with Gasteiger partial charge in [0.05, 0.1) is 6.10 Å². The molecular formula is C24H26N2O4. The molecule has 0 radical (unpaired) electrons. The first-order valence-electron chi connectivity index (χ1n) is 10.7. The summed E-state index contributed by atoms with van der Waals surface area (Å²) in [7, 11) is 0. The fraction of sp³-hybridized carbons (Fsp3) is 0.417. The van der Waals surface area contributed by atoms with Crippen LogP contribution in [0.4, 0.5) is 0 Å². The summed E-state index contributed by atoms with van der Waals surface area (Å²) in [5.74, 6) is 3.28. The lowest BCUT2D eigenvalue weighted by Crippen LogP contribution is -2.42. The molecular weight excluding hydrogens is 380 g/mol. The number of nitrogens with zero attached hydrogens (tertiary/aromatic N) is 1. The van der Waals surface area contributed by atoms with Crippen LogP contribution in [-0.4, -0.2) is 47.1 Å². The molecule has 6 rings (SSSR count). The molecule has 0 bridgehead atoms. The Kier molecular flexibility index (Phi) is 4.35. The standard InChI is InChI=1S/C24H26N2O4/c27-21-8-17-12-26(11-15-1-2-16-5-6-25-20(16)7-15)13-18(17)9-23(21)30-19-3-4-22-24(10-19)29-14-28-22/h1-7,10,17-18,21,23,25,27H,8-9,11-14H2/t17-,18+,21+,23+/m0/s1. The van der Waals surface area contributed by atoms with Crippen LogP contribution in [0, 0.1) is 11.8 Å². The molecule has 3 aromatic rings. The molecule has 4 atom stereocenters. The first kappa shape index (κ1) is 18.1. The molecule has 3 aliphatic rings. The molecule has 6 nitrogen and oxygen atoms in total. The second kappa shape index (κ2) is 7.22. The number of benzene rings is 2. The molecule has 3 heterocycles. The molecule has 0 amide bonds. The molecule has 2 N–H and O–H groups in total. The predicted molar refractivity (Wildman–Crippen MR) is 113 cm³/mol. The summed E-state index contributed by atoms with van der Waals surface area (Å²) in [6, 6.07) is 14.4. The van der Waals surface area contributed by atoms with E-state index in [1.807, 2.05) is 24.4 Å². The SMILES string of the molecule is O[C@@H]1C[C@H]2CN(Cc3ccc4cc[nH]c4c3)C[C@H]2C[C@H]1Oc1ccc2c(c1)OCO2. The first-order valence-corrected chi connectivity index (χ1v) is 10.7. The van der Waals surface area contributed by atoms with E-state index in [1.165, 1.54) is 16.5 Å². The van der Waals surface area contributed by atoms with E-state index in [2.05, 4.69) is 34.1 Å². The van der Waals surface area contributed by atoms with Crippen molar-refractivity contribution in [1.29, 1.82) is 0 Å². The normalized spacial score (nSPS) is 28.0. The van der Waals surface area contributed by atoms with Gasteiger partial charge in [-0.3, -0.25) is 4.90 Å². The minimum Gasteiger partial charge on any atom is -0.488 e. The van der Waals surface area contributed by atoms with Crippen LogP contribution in [0.25, 0.3) is 10.9 Å². The Labute approximate surface area is 175 Å². The fourth-order valence-corrected chi connectivity index (χ4v) is 5.32. The maximum atomic E-state index is 10.7. The minimum atomic E-state index is -0.438. The van der Waals surface area contributed by atoms with Gasteiger partial charge in [0.1, 0.15) is 11.9 Å². The van der Waals surface area contributed by atoms with E-state index in [0.717, 1.165) is 44.0 Å². The van der Waals surface area contributed by atoms with E-state index < -0.39 is 6.10 Å². The number of ether oxygens (including phenoxy) is 3.